The molecular weight excluding hydrogens is 344 g/mol. The Hall–Kier alpha value is -1.44. The smallest absolute Gasteiger partial charge is 0.224 e. The standard InChI is InChI=1S/C17H24N2O3S2/c1-12(2)24(21,22)18-10-5-4-6-16(20)19-15-8-7-14-9-11-23-17(14)13(15)3/h7-9,11-12,18H,4-6,10H2,1-3H3,(H,19,20). The highest BCUT2D eigenvalue weighted by Gasteiger charge is 2.14. The molecule has 0 saturated heterocycles. The molecule has 0 aliphatic rings. The molecule has 2 N–H and O–H groups in total. The Morgan fingerprint density at radius 1 is 1.21 bits per heavy atom. The fourth-order valence-electron chi connectivity index (χ4n) is 2.32. The second-order valence-electron chi connectivity index (χ2n) is 6.07. The van der Waals surface area contributed by atoms with Crippen LogP contribution in [0.25, 0.3) is 10.1 Å². The van der Waals surface area contributed by atoms with Crippen LogP contribution in [0.3, 0.4) is 0 Å². The van der Waals surface area contributed by atoms with Gasteiger partial charge in [-0.3, -0.25) is 4.79 Å². The van der Waals surface area contributed by atoms with Gasteiger partial charge in [0.15, 0.2) is 0 Å². The van der Waals surface area contributed by atoms with E-state index in [0.717, 1.165) is 11.3 Å². The minimum atomic E-state index is -3.22. The summed E-state index contributed by atoms with van der Waals surface area (Å²) in [5.74, 6) is -0.0410. The van der Waals surface area contributed by atoms with E-state index >= 15 is 0 Å². The Labute approximate surface area is 147 Å². The Bertz CT molecular complexity index is 810. The van der Waals surface area contributed by atoms with Crippen LogP contribution in [0.5, 0.6) is 0 Å². The Morgan fingerprint density at radius 3 is 2.67 bits per heavy atom. The zero-order valence-electron chi connectivity index (χ0n) is 14.3. The number of anilines is 1. The van der Waals surface area contributed by atoms with Crippen LogP contribution in [0, 0.1) is 6.92 Å². The van der Waals surface area contributed by atoms with Gasteiger partial charge in [0.05, 0.1) is 5.25 Å². The van der Waals surface area contributed by atoms with E-state index in [9.17, 15) is 13.2 Å². The fourth-order valence-corrected chi connectivity index (χ4v) is 3.99. The van der Waals surface area contributed by atoms with Gasteiger partial charge in [-0.2, -0.15) is 0 Å². The van der Waals surface area contributed by atoms with E-state index in [0.29, 0.717) is 25.8 Å². The van der Waals surface area contributed by atoms with Gasteiger partial charge >= 0.3 is 0 Å². The zero-order chi connectivity index (χ0) is 17.7. The summed E-state index contributed by atoms with van der Waals surface area (Å²) in [7, 11) is -3.22. The largest absolute Gasteiger partial charge is 0.326 e. The monoisotopic (exact) mass is 368 g/mol. The van der Waals surface area contributed by atoms with E-state index in [-0.39, 0.29) is 5.91 Å². The van der Waals surface area contributed by atoms with Gasteiger partial charge < -0.3 is 5.32 Å². The summed E-state index contributed by atoms with van der Waals surface area (Å²) in [4.78, 5) is 12.1. The maximum absolute atomic E-state index is 12.1. The van der Waals surface area contributed by atoms with Gasteiger partial charge in [-0.25, -0.2) is 13.1 Å². The van der Waals surface area contributed by atoms with Crippen molar-refractivity contribution < 1.29 is 13.2 Å². The maximum Gasteiger partial charge on any atom is 0.224 e. The number of fused-ring (bicyclic) bond motifs is 1. The van der Waals surface area contributed by atoms with E-state index in [2.05, 4.69) is 16.1 Å². The SMILES string of the molecule is Cc1c(NC(=O)CCCCNS(=O)(=O)C(C)C)ccc2ccsc12. The number of amides is 1. The molecule has 0 spiro atoms. The second-order valence-corrected chi connectivity index (χ2v) is 9.31. The molecule has 7 heteroatoms. The lowest BCUT2D eigenvalue weighted by Gasteiger charge is -2.10. The lowest BCUT2D eigenvalue weighted by atomic mass is 10.1. The molecule has 5 nitrogen and oxygen atoms in total. The Kier molecular flexibility index (Phi) is 6.37. The normalized spacial score (nSPS) is 12.0. The van der Waals surface area contributed by atoms with Gasteiger partial charge in [-0.15, -0.1) is 11.3 Å². The van der Waals surface area contributed by atoms with Gasteiger partial charge in [0.2, 0.25) is 15.9 Å². The summed E-state index contributed by atoms with van der Waals surface area (Å²) < 4.78 is 26.9. The topological polar surface area (TPSA) is 75.3 Å². The molecule has 24 heavy (non-hydrogen) atoms. The molecule has 0 radical (unpaired) electrons. The van der Waals surface area contributed by atoms with Gasteiger partial charge in [0.25, 0.3) is 0 Å². The van der Waals surface area contributed by atoms with Crippen LogP contribution in [0.1, 0.15) is 38.7 Å². The molecule has 1 heterocycles. The molecule has 0 fully saturated rings. The molecule has 1 amide bonds. The van der Waals surface area contributed by atoms with Crippen molar-refractivity contribution in [1.82, 2.24) is 4.72 Å². The second kappa shape index (κ2) is 8.09. The van der Waals surface area contributed by atoms with Crippen molar-refractivity contribution in [3.8, 4) is 0 Å². The van der Waals surface area contributed by atoms with Crippen LogP contribution < -0.4 is 10.0 Å². The summed E-state index contributed by atoms with van der Waals surface area (Å²) in [6.07, 6.45) is 1.67. The number of aryl methyl sites for hydroxylation is 1. The molecule has 0 saturated carbocycles. The predicted octanol–water partition coefficient (Wildman–Crippen LogP) is 3.65. The van der Waals surface area contributed by atoms with Crippen molar-refractivity contribution in [2.75, 3.05) is 11.9 Å². The van der Waals surface area contributed by atoms with Crippen LogP contribution in [0.4, 0.5) is 5.69 Å². The number of nitrogens with one attached hydrogen (secondary N) is 2. The van der Waals surface area contributed by atoms with Crippen LogP contribution >= 0.6 is 11.3 Å². The van der Waals surface area contributed by atoms with E-state index in [1.165, 1.54) is 10.1 Å². The van der Waals surface area contributed by atoms with Crippen LogP contribution in [0.15, 0.2) is 23.6 Å². The van der Waals surface area contributed by atoms with Crippen molar-refractivity contribution >= 4 is 43.0 Å². The predicted molar refractivity (Wildman–Crippen MR) is 101 cm³/mol. The molecule has 0 aliphatic heterocycles. The highest BCUT2D eigenvalue weighted by molar-refractivity contribution is 7.90. The maximum atomic E-state index is 12.1. The number of unbranched alkanes of at least 4 members (excludes halogenated alkanes) is 1. The van der Waals surface area contributed by atoms with Gasteiger partial charge in [-0.1, -0.05) is 6.07 Å². The van der Waals surface area contributed by atoms with Crippen molar-refractivity contribution in [1.29, 1.82) is 0 Å². The van der Waals surface area contributed by atoms with Crippen molar-refractivity contribution in [2.45, 2.75) is 45.3 Å². The first-order chi connectivity index (χ1) is 11.3. The van der Waals surface area contributed by atoms with Crippen molar-refractivity contribution in [3.63, 3.8) is 0 Å². The number of carbonyl (C=O) groups is 1. The highest BCUT2D eigenvalue weighted by Crippen LogP contribution is 2.29. The van der Waals surface area contributed by atoms with Crippen LogP contribution in [0.2, 0.25) is 0 Å². The summed E-state index contributed by atoms with van der Waals surface area (Å²) in [6, 6.07) is 6.00. The third-order valence-corrected chi connectivity index (χ3v) is 6.80. The van der Waals surface area contributed by atoms with Crippen LogP contribution in [-0.4, -0.2) is 26.1 Å². The minimum Gasteiger partial charge on any atom is -0.326 e. The number of benzene rings is 1. The molecule has 132 valence electrons. The molecule has 1 aromatic carbocycles. The van der Waals surface area contributed by atoms with Crippen molar-refractivity contribution in [3.05, 3.63) is 29.1 Å². The summed E-state index contributed by atoms with van der Waals surface area (Å²) in [6.45, 7) is 5.66. The first kappa shape index (κ1) is 18.9. The molecule has 0 bridgehead atoms. The number of carbonyl (C=O) groups excluding carboxylic acids is 1. The molecular formula is C17H24N2O3S2. The van der Waals surface area contributed by atoms with E-state index in [1.54, 1.807) is 25.2 Å². The lowest BCUT2D eigenvalue weighted by molar-refractivity contribution is -0.116. The summed E-state index contributed by atoms with van der Waals surface area (Å²) >= 11 is 1.67. The fraction of sp³-hybridized carbons (Fsp3) is 0.471. The van der Waals surface area contributed by atoms with E-state index in [4.69, 9.17) is 0 Å². The number of rotatable bonds is 8. The zero-order valence-corrected chi connectivity index (χ0v) is 15.9. The minimum absolute atomic E-state index is 0.0410. The quantitative estimate of drug-likeness (QED) is 0.699. The molecule has 2 aromatic rings. The van der Waals surface area contributed by atoms with E-state index < -0.39 is 15.3 Å². The van der Waals surface area contributed by atoms with Gasteiger partial charge in [0, 0.05) is 23.4 Å². The number of hydrogen-bond acceptors (Lipinski definition) is 4. The van der Waals surface area contributed by atoms with Gasteiger partial charge in [0.1, 0.15) is 0 Å². The van der Waals surface area contributed by atoms with Crippen molar-refractivity contribution in [2.24, 2.45) is 0 Å². The Morgan fingerprint density at radius 2 is 1.96 bits per heavy atom. The Balaban J connectivity index is 1.78. The van der Waals surface area contributed by atoms with E-state index in [1.807, 2.05) is 24.4 Å². The molecule has 1 aromatic heterocycles. The first-order valence-electron chi connectivity index (χ1n) is 8.06. The molecule has 2 rings (SSSR count). The number of thiophene rings is 1. The summed E-state index contributed by atoms with van der Waals surface area (Å²) in [5.41, 5.74) is 1.93. The average Bonchev–Trinajstić information content (AvgIpc) is 2.99. The molecule has 0 unspecified atom stereocenters. The number of hydrogen-bond donors (Lipinski definition) is 2. The lowest BCUT2D eigenvalue weighted by Crippen LogP contribution is -2.31. The summed E-state index contributed by atoms with van der Waals surface area (Å²) in [5, 5.41) is 5.74. The highest BCUT2D eigenvalue weighted by atomic mass is 32.2. The van der Waals surface area contributed by atoms with Gasteiger partial charge in [-0.05, 0) is 62.1 Å². The van der Waals surface area contributed by atoms with Crippen LogP contribution in [-0.2, 0) is 14.8 Å². The first-order valence-corrected chi connectivity index (χ1v) is 10.5. The molecule has 0 atom stereocenters. The molecule has 0 aliphatic carbocycles. The third-order valence-electron chi connectivity index (χ3n) is 3.90. The number of sulfonamides is 1. The average molecular weight is 369 g/mol. The third kappa shape index (κ3) is 4.78.